The Morgan fingerprint density at radius 2 is 2.28 bits per heavy atom. The highest BCUT2D eigenvalue weighted by Crippen LogP contribution is 2.21. The summed E-state index contributed by atoms with van der Waals surface area (Å²) in [5.41, 5.74) is 7.69. The largest absolute Gasteiger partial charge is 0.399 e. The number of likely N-dealkylation sites (tertiary alicyclic amines) is 1. The van der Waals surface area contributed by atoms with E-state index in [1.807, 2.05) is 18.2 Å². The predicted molar refractivity (Wildman–Crippen MR) is 77.9 cm³/mol. The van der Waals surface area contributed by atoms with Crippen LogP contribution in [0.3, 0.4) is 0 Å². The standard InChI is InChI=1S/C14H22ClN3/c1-17(10-13-4-3-7-18(13)2)9-11-8-12(16)5-6-14(11)15/h5-6,8,13H,3-4,7,9-10,16H2,1-2H3. The van der Waals surface area contributed by atoms with Gasteiger partial charge in [0.25, 0.3) is 0 Å². The quantitative estimate of drug-likeness (QED) is 0.851. The summed E-state index contributed by atoms with van der Waals surface area (Å²) < 4.78 is 0. The minimum Gasteiger partial charge on any atom is -0.399 e. The zero-order chi connectivity index (χ0) is 13.1. The van der Waals surface area contributed by atoms with Gasteiger partial charge in [-0.25, -0.2) is 0 Å². The van der Waals surface area contributed by atoms with Gasteiger partial charge in [0.2, 0.25) is 0 Å². The van der Waals surface area contributed by atoms with E-state index in [1.54, 1.807) is 0 Å². The molecule has 1 unspecified atom stereocenters. The van der Waals surface area contributed by atoms with Crippen LogP contribution < -0.4 is 5.73 Å². The van der Waals surface area contributed by atoms with Gasteiger partial charge in [-0.15, -0.1) is 0 Å². The number of hydrogen-bond acceptors (Lipinski definition) is 3. The van der Waals surface area contributed by atoms with Crippen LogP contribution in [0.25, 0.3) is 0 Å². The third-order valence-corrected chi connectivity index (χ3v) is 4.07. The molecule has 1 heterocycles. The van der Waals surface area contributed by atoms with E-state index in [1.165, 1.54) is 19.4 Å². The van der Waals surface area contributed by atoms with Crippen molar-refractivity contribution in [2.45, 2.75) is 25.4 Å². The van der Waals surface area contributed by atoms with Crippen molar-refractivity contribution in [1.29, 1.82) is 0 Å². The third-order valence-electron chi connectivity index (χ3n) is 3.70. The van der Waals surface area contributed by atoms with Gasteiger partial charge in [0, 0.05) is 29.8 Å². The van der Waals surface area contributed by atoms with Gasteiger partial charge in [-0.2, -0.15) is 0 Å². The van der Waals surface area contributed by atoms with E-state index in [2.05, 4.69) is 23.9 Å². The summed E-state index contributed by atoms with van der Waals surface area (Å²) in [6, 6.07) is 6.37. The molecule has 1 fully saturated rings. The van der Waals surface area contributed by atoms with Crippen LogP contribution in [0.4, 0.5) is 5.69 Å². The van der Waals surface area contributed by atoms with E-state index in [4.69, 9.17) is 17.3 Å². The number of likely N-dealkylation sites (N-methyl/N-ethyl adjacent to an activating group) is 2. The second-order valence-electron chi connectivity index (χ2n) is 5.32. The maximum Gasteiger partial charge on any atom is 0.0452 e. The van der Waals surface area contributed by atoms with Crippen molar-refractivity contribution in [2.75, 3.05) is 32.9 Å². The van der Waals surface area contributed by atoms with E-state index in [-0.39, 0.29) is 0 Å². The smallest absolute Gasteiger partial charge is 0.0452 e. The zero-order valence-electron chi connectivity index (χ0n) is 11.2. The van der Waals surface area contributed by atoms with Crippen LogP contribution in [0, 0.1) is 0 Å². The molecule has 2 rings (SSSR count). The van der Waals surface area contributed by atoms with Crippen LogP contribution in [0.15, 0.2) is 18.2 Å². The molecule has 1 saturated heterocycles. The molecule has 18 heavy (non-hydrogen) atoms. The molecule has 1 aromatic rings. The maximum atomic E-state index is 6.19. The number of benzene rings is 1. The number of hydrogen-bond donors (Lipinski definition) is 1. The number of anilines is 1. The summed E-state index contributed by atoms with van der Waals surface area (Å²) in [6.45, 7) is 3.16. The molecule has 3 nitrogen and oxygen atoms in total. The van der Waals surface area contributed by atoms with Gasteiger partial charge in [-0.05, 0) is 57.2 Å². The number of halogens is 1. The van der Waals surface area contributed by atoms with Crippen molar-refractivity contribution in [1.82, 2.24) is 9.80 Å². The van der Waals surface area contributed by atoms with Crippen molar-refractivity contribution < 1.29 is 0 Å². The molecule has 0 aliphatic carbocycles. The Morgan fingerprint density at radius 1 is 1.50 bits per heavy atom. The molecule has 1 atom stereocenters. The van der Waals surface area contributed by atoms with Gasteiger partial charge >= 0.3 is 0 Å². The molecule has 2 N–H and O–H groups in total. The Labute approximate surface area is 115 Å². The molecule has 1 aliphatic rings. The normalized spacial score (nSPS) is 20.8. The van der Waals surface area contributed by atoms with Crippen molar-refractivity contribution in [3.8, 4) is 0 Å². The number of nitrogen functional groups attached to an aromatic ring is 1. The highest BCUT2D eigenvalue weighted by atomic mass is 35.5. The van der Waals surface area contributed by atoms with Crippen LogP contribution in [0.2, 0.25) is 5.02 Å². The van der Waals surface area contributed by atoms with Crippen LogP contribution in [-0.4, -0.2) is 43.0 Å². The molecule has 0 radical (unpaired) electrons. The van der Waals surface area contributed by atoms with Crippen LogP contribution in [-0.2, 0) is 6.54 Å². The first-order valence-corrected chi connectivity index (χ1v) is 6.87. The summed E-state index contributed by atoms with van der Waals surface area (Å²) in [4.78, 5) is 4.77. The van der Waals surface area contributed by atoms with E-state index in [0.717, 1.165) is 29.4 Å². The van der Waals surface area contributed by atoms with Crippen molar-refractivity contribution in [3.05, 3.63) is 28.8 Å². The summed E-state index contributed by atoms with van der Waals surface area (Å²) in [5.74, 6) is 0. The lowest BCUT2D eigenvalue weighted by molar-refractivity contribution is 0.215. The highest BCUT2D eigenvalue weighted by molar-refractivity contribution is 6.31. The molecule has 0 aromatic heterocycles. The molecule has 0 amide bonds. The fraction of sp³-hybridized carbons (Fsp3) is 0.571. The molecular weight excluding hydrogens is 246 g/mol. The molecule has 0 spiro atoms. The minimum atomic E-state index is 0.676. The zero-order valence-corrected chi connectivity index (χ0v) is 12.0. The fourth-order valence-electron chi connectivity index (χ4n) is 2.64. The van der Waals surface area contributed by atoms with Crippen molar-refractivity contribution in [2.24, 2.45) is 0 Å². The van der Waals surface area contributed by atoms with E-state index < -0.39 is 0 Å². The Balaban J connectivity index is 1.94. The van der Waals surface area contributed by atoms with Gasteiger partial charge in [-0.1, -0.05) is 11.6 Å². The third kappa shape index (κ3) is 3.37. The molecule has 100 valence electrons. The van der Waals surface area contributed by atoms with E-state index in [9.17, 15) is 0 Å². The van der Waals surface area contributed by atoms with Gasteiger partial charge in [-0.3, -0.25) is 0 Å². The Morgan fingerprint density at radius 3 is 2.94 bits per heavy atom. The highest BCUT2D eigenvalue weighted by Gasteiger charge is 2.22. The first-order chi connectivity index (χ1) is 8.56. The number of rotatable bonds is 4. The lowest BCUT2D eigenvalue weighted by Crippen LogP contribution is -2.36. The molecule has 0 saturated carbocycles. The second kappa shape index (κ2) is 5.91. The summed E-state index contributed by atoms with van der Waals surface area (Å²) in [7, 11) is 4.35. The van der Waals surface area contributed by atoms with Gasteiger partial charge < -0.3 is 15.5 Å². The van der Waals surface area contributed by atoms with E-state index >= 15 is 0 Å². The Hall–Kier alpha value is -0.770. The molecule has 1 aromatic carbocycles. The van der Waals surface area contributed by atoms with Crippen molar-refractivity contribution >= 4 is 17.3 Å². The SMILES string of the molecule is CN(Cc1cc(N)ccc1Cl)CC1CCCN1C. The molecule has 0 bridgehead atoms. The Kier molecular flexibility index (Phi) is 4.49. The Bertz CT molecular complexity index is 408. The average molecular weight is 268 g/mol. The monoisotopic (exact) mass is 267 g/mol. The van der Waals surface area contributed by atoms with Crippen LogP contribution in [0.5, 0.6) is 0 Å². The summed E-state index contributed by atoms with van der Waals surface area (Å²) in [6.07, 6.45) is 2.61. The molecule has 4 heteroatoms. The van der Waals surface area contributed by atoms with Gasteiger partial charge in [0.05, 0.1) is 0 Å². The predicted octanol–water partition coefficient (Wildman–Crippen LogP) is 2.45. The lowest BCUT2D eigenvalue weighted by Gasteiger charge is -2.26. The first-order valence-electron chi connectivity index (χ1n) is 6.49. The molecular formula is C14H22ClN3. The van der Waals surface area contributed by atoms with Crippen molar-refractivity contribution in [3.63, 3.8) is 0 Å². The van der Waals surface area contributed by atoms with Gasteiger partial charge in [0.1, 0.15) is 0 Å². The lowest BCUT2D eigenvalue weighted by atomic mass is 10.1. The first kappa shape index (κ1) is 13.7. The second-order valence-corrected chi connectivity index (χ2v) is 5.73. The topological polar surface area (TPSA) is 32.5 Å². The number of nitrogens with two attached hydrogens (primary N) is 1. The fourth-order valence-corrected chi connectivity index (χ4v) is 2.82. The molecule has 1 aliphatic heterocycles. The average Bonchev–Trinajstić information content (AvgIpc) is 2.70. The van der Waals surface area contributed by atoms with Crippen LogP contribution >= 0.6 is 11.6 Å². The number of nitrogens with zero attached hydrogens (tertiary/aromatic N) is 2. The van der Waals surface area contributed by atoms with Gasteiger partial charge in [0.15, 0.2) is 0 Å². The maximum absolute atomic E-state index is 6.19. The minimum absolute atomic E-state index is 0.676. The van der Waals surface area contributed by atoms with E-state index in [0.29, 0.717) is 6.04 Å². The summed E-state index contributed by atoms with van der Waals surface area (Å²) in [5, 5.41) is 0.802. The van der Waals surface area contributed by atoms with Crippen LogP contribution in [0.1, 0.15) is 18.4 Å². The summed E-state index contributed by atoms with van der Waals surface area (Å²) >= 11 is 6.19.